The molecular weight excluding hydrogens is 474 g/mol. The normalized spacial score (nSPS) is 13.5. The van der Waals surface area contributed by atoms with E-state index in [1.165, 1.54) is 0 Å². The van der Waals surface area contributed by atoms with Gasteiger partial charge in [-0.3, -0.25) is 18.2 Å². The largest absolute Gasteiger partial charge is 1.00 e. The van der Waals surface area contributed by atoms with Crippen LogP contribution in [0, 0.1) is 10.4 Å². The molecule has 0 aliphatic carbocycles. The van der Waals surface area contributed by atoms with E-state index in [2.05, 4.69) is 0 Å². The van der Waals surface area contributed by atoms with Crippen molar-refractivity contribution in [2.24, 2.45) is 0 Å². The van der Waals surface area contributed by atoms with Gasteiger partial charge in [0.25, 0.3) is 48.9 Å². The molecule has 0 radical (unpaired) electrons. The summed E-state index contributed by atoms with van der Waals surface area (Å²) in [5.74, 6) is 0. The molecule has 0 rings (SSSR count). The molecular formula is C4H12N2Na2O14S4. The Balaban J connectivity index is -0.000000173. The van der Waals surface area contributed by atoms with Gasteiger partial charge >= 0.3 is 59.1 Å². The molecule has 0 spiro atoms. The van der Waals surface area contributed by atoms with E-state index >= 15 is 0 Å². The summed E-state index contributed by atoms with van der Waals surface area (Å²) in [5, 5.41) is 19.8. The number of hydrogen-bond donors (Lipinski definition) is 6. The number of hydrogen-bond acceptors (Lipinski definition) is 12. The van der Waals surface area contributed by atoms with E-state index in [9.17, 15) is 44.1 Å². The first-order chi connectivity index (χ1) is 10.1. The Morgan fingerprint density at radius 3 is 0.692 bits per heavy atom. The second-order valence-electron chi connectivity index (χ2n) is 4.00. The molecule has 0 aliphatic heterocycles. The fraction of sp³-hybridized carbons (Fsp3) is 1.00. The van der Waals surface area contributed by atoms with Crippen LogP contribution < -0.4 is 70.1 Å². The molecule has 148 valence electrons. The Morgan fingerprint density at radius 1 is 0.577 bits per heavy atom. The van der Waals surface area contributed by atoms with Crippen molar-refractivity contribution in [1.82, 2.24) is 11.0 Å². The van der Waals surface area contributed by atoms with E-state index in [0.29, 0.717) is 24.8 Å². The van der Waals surface area contributed by atoms with E-state index in [4.69, 9.17) is 18.2 Å². The van der Waals surface area contributed by atoms with Crippen molar-refractivity contribution in [3.05, 3.63) is 10.4 Å². The third-order valence-electron chi connectivity index (χ3n) is 2.34. The van der Waals surface area contributed by atoms with E-state index in [0.717, 1.165) is 0 Å². The third-order valence-corrected chi connectivity index (χ3v) is 9.14. The maximum atomic E-state index is 10.3. The molecule has 6 N–H and O–H groups in total. The van der Waals surface area contributed by atoms with Crippen LogP contribution in [0.1, 0.15) is 13.8 Å². The third kappa shape index (κ3) is 8.08. The first-order valence-electron chi connectivity index (χ1n) is 4.79. The smallest absolute Gasteiger partial charge is 0.786 e. The van der Waals surface area contributed by atoms with Crippen LogP contribution in [0.3, 0.4) is 0 Å². The van der Waals surface area contributed by atoms with Gasteiger partial charge < -0.3 is 21.4 Å². The number of rotatable bonds is 6. The summed E-state index contributed by atoms with van der Waals surface area (Å²) in [6.07, 6.45) is 0. The van der Waals surface area contributed by atoms with Crippen LogP contribution in [0.15, 0.2) is 0 Å². The maximum Gasteiger partial charge on any atom is 1.00 e. The molecule has 0 saturated carbocycles. The van der Waals surface area contributed by atoms with Gasteiger partial charge in [-0.2, -0.15) is 33.7 Å². The van der Waals surface area contributed by atoms with Crippen LogP contribution in [-0.4, -0.2) is 60.3 Å². The Hall–Kier alpha value is 1.48. The Morgan fingerprint density at radius 2 is 0.692 bits per heavy atom. The van der Waals surface area contributed by atoms with Crippen molar-refractivity contribution in [2.75, 3.05) is 0 Å². The molecule has 0 aromatic carbocycles. The van der Waals surface area contributed by atoms with Crippen LogP contribution in [0.5, 0.6) is 0 Å². The van der Waals surface area contributed by atoms with Gasteiger partial charge in [-0.15, -0.1) is 0 Å². The monoisotopic (exact) mass is 486 g/mol. The number of nitrogens with one attached hydrogen (secondary N) is 2. The molecule has 0 fully saturated rings. The van der Waals surface area contributed by atoms with Gasteiger partial charge in [0, 0.05) is 0 Å². The Labute approximate surface area is 193 Å². The molecule has 0 atom stereocenters. The molecule has 0 saturated heterocycles. The van der Waals surface area contributed by atoms with Crippen molar-refractivity contribution >= 4 is 40.5 Å². The predicted octanol–water partition coefficient (Wildman–Crippen LogP) is -8.95. The number of hydroxylamine groups is 2. The van der Waals surface area contributed by atoms with Gasteiger partial charge in [0.1, 0.15) is 0 Å². The van der Waals surface area contributed by atoms with Crippen LogP contribution >= 0.6 is 0 Å². The van der Waals surface area contributed by atoms with Crippen molar-refractivity contribution in [3.8, 4) is 0 Å². The van der Waals surface area contributed by atoms with Gasteiger partial charge in [-0.25, -0.2) is 0 Å². The summed E-state index contributed by atoms with van der Waals surface area (Å²) in [6.45, 7) is 0.620. The van der Waals surface area contributed by atoms with Crippen LogP contribution in [-0.2, 0) is 40.5 Å². The zero-order chi connectivity index (χ0) is 20.4. The molecule has 0 aromatic rings. The van der Waals surface area contributed by atoms with Gasteiger partial charge in [0.05, 0.1) is 0 Å². The molecule has 0 aromatic heterocycles. The second kappa shape index (κ2) is 11.0. The average molecular weight is 486 g/mol. The molecule has 22 heteroatoms. The first-order valence-corrected chi connectivity index (χ1v) is 10.5. The van der Waals surface area contributed by atoms with Gasteiger partial charge in [0.15, 0.2) is 0 Å². The topological polar surface area (TPSA) is 288 Å². The van der Waals surface area contributed by atoms with Gasteiger partial charge in [-0.1, -0.05) is 0 Å². The van der Waals surface area contributed by atoms with Gasteiger partial charge in [0.2, 0.25) is 0 Å². The predicted molar refractivity (Wildman–Crippen MR) is 76.0 cm³/mol. The van der Waals surface area contributed by atoms with Crippen LogP contribution in [0.4, 0.5) is 0 Å². The summed E-state index contributed by atoms with van der Waals surface area (Å²) in [5.41, 5.74) is 1.06. The molecule has 0 bridgehead atoms. The minimum absolute atomic E-state index is 0. The first kappa shape index (κ1) is 35.0. The quantitative estimate of drug-likeness (QED) is 0.115. The van der Waals surface area contributed by atoms with Crippen molar-refractivity contribution in [2.45, 2.75) is 22.3 Å². The maximum absolute atomic E-state index is 10.3. The molecule has 0 aliphatic rings. The summed E-state index contributed by atoms with van der Waals surface area (Å²) >= 11 is 0. The standard InChI is InChI=1S/2C2H6NO7S2.2Na/c2*1-2(3-4,11(5,6)7)12(8,9)10;;/h2*3H,1H3,(H,5,6,7)(H,8,9,10);;/q2*-1;2*+1. The van der Waals surface area contributed by atoms with Crippen molar-refractivity contribution < 1.29 is 111 Å². The molecule has 26 heavy (non-hydrogen) atoms. The molecule has 0 heterocycles. The van der Waals surface area contributed by atoms with E-state index < -0.39 is 48.9 Å². The van der Waals surface area contributed by atoms with Gasteiger partial charge in [-0.05, 0) is 13.8 Å². The summed E-state index contributed by atoms with van der Waals surface area (Å²) < 4.78 is 109. The Kier molecular flexibility index (Phi) is 14.8. The second-order valence-corrected chi connectivity index (χ2v) is 11.6. The fourth-order valence-electron chi connectivity index (χ4n) is 0.477. The molecule has 0 amide bonds. The molecule has 0 unspecified atom stereocenters. The summed E-state index contributed by atoms with van der Waals surface area (Å²) in [7, 11) is -20.9. The van der Waals surface area contributed by atoms with E-state index in [-0.39, 0.29) is 59.1 Å². The summed E-state index contributed by atoms with van der Waals surface area (Å²) in [6, 6.07) is 0. The zero-order valence-electron chi connectivity index (χ0n) is 13.5. The van der Waals surface area contributed by atoms with Crippen molar-refractivity contribution in [1.29, 1.82) is 0 Å². The minimum Gasteiger partial charge on any atom is -0.786 e. The Bertz CT molecular complexity index is 722. The zero-order valence-corrected chi connectivity index (χ0v) is 20.8. The summed E-state index contributed by atoms with van der Waals surface area (Å²) in [4.78, 5) is 0. The molecule has 16 nitrogen and oxygen atoms in total. The average Bonchev–Trinajstić information content (AvgIpc) is 2.31. The van der Waals surface area contributed by atoms with E-state index in [1.54, 1.807) is 0 Å². The minimum atomic E-state index is -5.23. The fourth-order valence-corrected chi connectivity index (χ4v) is 3.03. The SMILES string of the molecule is CC(N[O-])(S(=O)(=O)O)S(=O)(=O)O.CC(N[O-])(S(=O)(=O)O)S(=O)(=O)O.[Na+].[Na+]. The van der Waals surface area contributed by atoms with Crippen LogP contribution in [0.2, 0.25) is 0 Å². The van der Waals surface area contributed by atoms with Crippen LogP contribution in [0.25, 0.3) is 0 Å². The van der Waals surface area contributed by atoms with E-state index in [1.807, 2.05) is 0 Å². The van der Waals surface area contributed by atoms with Crippen molar-refractivity contribution in [3.63, 3.8) is 0 Å².